The highest BCUT2D eigenvalue weighted by atomic mass is 32.2. The molecule has 1 heterocycles. The molecule has 0 fully saturated rings. The maximum Gasteiger partial charge on any atom is 0.315 e. The Morgan fingerprint density at radius 2 is 2.25 bits per heavy atom. The molecule has 0 aliphatic carbocycles. The van der Waals surface area contributed by atoms with Gasteiger partial charge in [0.1, 0.15) is 0 Å². The quantitative estimate of drug-likeness (QED) is 0.777. The molecule has 0 aromatic heterocycles. The minimum absolute atomic E-state index is 0.156. The van der Waals surface area contributed by atoms with Crippen molar-refractivity contribution in [1.82, 2.24) is 5.32 Å². The zero-order chi connectivity index (χ0) is 14.4. The summed E-state index contributed by atoms with van der Waals surface area (Å²) in [5.74, 6) is 2.55. The van der Waals surface area contributed by atoms with Gasteiger partial charge >= 0.3 is 5.97 Å². The maximum absolute atomic E-state index is 11.3. The average molecular weight is 297 g/mol. The van der Waals surface area contributed by atoms with Crippen molar-refractivity contribution in [3.8, 4) is 11.5 Å². The predicted octanol–water partition coefficient (Wildman–Crippen LogP) is 1.97. The van der Waals surface area contributed by atoms with E-state index >= 15 is 0 Å². The third-order valence-electron chi connectivity index (χ3n) is 2.96. The summed E-state index contributed by atoms with van der Waals surface area (Å²) in [4.78, 5) is 11.3. The van der Waals surface area contributed by atoms with E-state index in [1.165, 1.54) is 0 Å². The molecule has 0 bridgehead atoms. The molecule has 1 unspecified atom stereocenters. The van der Waals surface area contributed by atoms with Crippen molar-refractivity contribution in [2.75, 3.05) is 32.0 Å². The van der Waals surface area contributed by atoms with Gasteiger partial charge < -0.3 is 19.5 Å². The first kappa shape index (κ1) is 15.0. The first-order valence-electron chi connectivity index (χ1n) is 6.54. The molecule has 0 radical (unpaired) electrons. The van der Waals surface area contributed by atoms with Gasteiger partial charge in [-0.25, -0.2) is 0 Å². The molecule has 1 N–H and O–H groups in total. The first-order chi connectivity index (χ1) is 9.74. The van der Waals surface area contributed by atoms with Crippen LogP contribution in [0.1, 0.15) is 18.5 Å². The van der Waals surface area contributed by atoms with Crippen LogP contribution in [0.25, 0.3) is 0 Å². The summed E-state index contributed by atoms with van der Waals surface area (Å²) in [6.07, 6.45) is 0. The molecule has 5 nitrogen and oxygen atoms in total. The molecule has 0 amide bonds. The molecule has 0 spiro atoms. The maximum atomic E-state index is 11.3. The number of hydrogen-bond donors (Lipinski definition) is 1. The van der Waals surface area contributed by atoms with Crippen LogP contribution in [0.3, 0.4) is 0 Å². The molecule has 1 aliphatic rings. The lowest BCUT2D eigenvalue weighted by Gasteiger charge is -2.16. The van der Waals surface area contributed by atoms with E-state index in [2.05, 4.69) is 5.32 Å². The molecule has 2 rings (SSSR count). The Morgan fingerprint density at radius 1 is 1.45 bits per heavy atom. The minimum atomic E-state index is -0.168. The van der Waals surface area contributed by atoms with Crippen molar-refractivity contribution < 1.29 is 19.0 Å². The number of thioether (sulfide) groups is 1. The lowest BCUT2D eigenvalue weighted by Crippen LogP contribution is -2.19. The van der Waals surface area contributed by atoms with Gasteiger partial charge in [0.25, 0.3) is 0 Å². The number of benzene rings is 1. The SMILES string of the molecule is CCOC(=O)CSCC(NC)c1ccc2c(c1)OCO2. The molecule has 1 atom stereocenters. The van der Waals surface area contributed by atoms with Crippen LogP contribution in [-0.2, 0) is 9.53 Å². The van der Waals surface area contributed by atoms with Gasteiger partial charge in [0.2, 0.25) is 6.79 Å². The van der Waals surface area contributed by atoms with Crippen LogP contribution in [0.4, 0.5) is 0 Å². The zero-order valence-electron chi connectivity index (χ0n) is 11.7. The lowest BCUT2D eigenvalue weighted by atomic mass is 10.1. The fourth-order valence-electron chi connectivity index (χ4n) is 1.94. The van der Waals surface area contributed by atoms with Crippen LogP contribution in [0.2, 0.25) is 0 Å². The second-order valence-corrected chi connectivity index (χ2v) is 5.30. The molecule has 1 aromatic rings. The summed E-state index contributed by atoms with van der Waals surface area (Å²) in [5.41, 5.74) is 1.12. The number of fused-ring (bicyclic) bond motifs is 1. The van der Waals surface area contributed by atoms with Gasteiger partial charge in [0.05, 0.1) is 12.4 Å². The number of ether oxygens (including phenoxy) is 3. The normalized spacial score (nSPS) is 14.1. The van der Waals surface area contributed by atoms with Gasteiger partial charge in [0, 0.05) is 11.8 Å². The predicted molar refractivity (Wildman–Crippen MR) is 78.3 cm³/mol. The van der Waals surface area contributed by atoms with Gasteiger partial charge in [-0.15, -0.1) is 11.8 Å². The smallest absolute Gasteiger partial charge is 0.315 e. The molecule has 0 saturated carbocycles. The van der Waals surface area contributed by atoms with Crippen molar-refractivity contribution in [2.45, 2.75) is 13.0 Å². The van der Waals surface area contributed by atoms with E-state index in [9.17, 15) is 4.79 Å². The Morgan fingerprint density at radius 3 is 3.00 bits per heavy atom. The van der Waals surface area contributed by atoms with E-state index in [0.717, 1.165) is 22.8 Å². The Hall–Kier alpha value is -1.40. The van der Waals surface area contributed by atoms with Crippen LogP contribution in [0.15, 0.2) is 18.2 Å². The van der Waals surface area contributed by atoms with Crippen molar-refractivity contribution >= 4 is 17.7 Å². The van der Waals surface area contributed by atoms with Crippen LogP contribution in [-0.4, -0.2) is 37.9 Å². The Balaban J connectivity index is 1.89. The fourth-order valence-corrected chi connectivity index (χ4v) is 2.90. The van der Waals surface area contributed by atoms with E-state index in [1.807, 2.05) is 32.2 Å². The topological polar surface area (TPSA) is 56.8 Å². The summed E-state index contributed by atoms with van der Waals surface area (Å²) < 4.78 is 15.6. The van der Waals surface area contributed by atoms with Crippen molar-refractivity contribution in [3.63, 3.8) is 0 Å². The minimum Gasteiger partial charge on any atom is -0.465 e. The summed E-state index contributed by atoms with van der Waals surface area (Å²) in [6.45, 7) is 2.52. The second kappa shape index (κ2) is 7.40. The molecule has 0 saturated heterocycles. The number of esters is 1. The highest BCUT2D eigenvalue weighted by Crippen LogP contribution is 2.34. The number of carbonyl (C=O) groups excluding carboxylic acids is 1. The standard InChI is InChI=1S/C14H19NO4S/c1-3-17-14(16)8-20-7-11(15-2)10-4-5-12-13(6-10)19-9-18-12/h4-6,11,15H,3,7-9H2,1-2H3. The van der Waals surface area contributed by atoms with E-state index in [4.69, 9.17) is 14.2 Å². The molecule has 6 heteroatoms. The molecular formula is C14H19NO4S. The Bertz CT molecular complexity index is 466. The molecular weight excluding hydrogens is 278 g/mol. The number of hydrogen-bond acceptors (Lipinski definition) is 6. The van der Waals surface area contributed by atoms with Gasteiger partial charge in [-0.1, -0.05) is 6.07 Å². The third-order valence-corrected chi connectivity index (χ3v) is 3.97. The zero-order valence-corrected chi connectivity index (χ0v) is 12.5. The third kappa shape index (κ3) is 3.80. The molecule has 1 aromatic carbocycles. The summed E-state index contributed by atoms with van der Waals surface area (Å²) in [7, 11) is 1.90. The van der Waals surface area contributed by atoms with Crippen molar-refractivity contribution in [2.24, 2.45) is 0 Å². The van der Waals surface area contributed by atoms with Crippen LogP contribution >= 0.6 is 11.8 Å². The van der Waals surface area contributed by atoms with Crippen molar-refractivity contribution in [3.05, 3.63) is 23.8 Å². The molecule has 20 heavy (non-hydrogen) atoms. The van der Waals surface area contributed by atoms with Gasteiger partial charge in [-0.05, 0) is 31.7 Å². The van der Waals surface area contributed by atoms with Gasteiger partial charge in [-0.3, -0.25) is 4.79 Å². The van der Waals surface area contributed by atoms with Crippen LogP contribution in [0.5, 0.6) is 11.5 Å². The van der Waals surface area contributed by atoms with Crippen molar-refractivity contribution in [1.29, 1.82) is 0 Å². The number of rotatable bonds is 7. The van der Waals surface area contributed by atoms with Gasteiger partial charge in [-0.2, -0.15) is 0 Å². The fraction of sp³-hybridized carbons (Fsp3) is 0.500. The Labute approximate surface area is 123 Å². The van der Waals surface area contributed by atoms with E-state index in [-0.39, 0.29) is 18.8 Å². The van der Waals surface area contributed by atoms with E-state index in [0.29, 0.717) is 12.4 Å². The monoisotopic (exact) mass is 297 g/mol. The molecule has 110 valence electrons. The number of nitrogens with one attached hydrogen (secondary N) is 1. The first-order valence-corrected chi connectivity index (χ1v) is 7.70. The highest BCUT2D eigenvalue weighted by molar-refractivity contribution is 7.99. The van der Waals surface area contributed by atoms with E-state index in [1.54, 1.807) is 11.8 Å². The number of carbonyl (C=O) groups is 1. The highest BCUT2D eigenvalue weighted by Gasteiger charge is 2.17. The second-order valence-electron chi connectivity index (χ2n) is 4.27. The summed E-state index contributed by atoms with van der Waals surface area (Å²) in [6, 6.07) is 6.07. The molecule has 1 aliphatic heterocycles. The average Bonchev–Trinajstić information content (AvgIpc) is 2.91. The van der Waals surface area contributed by atoms with Crippen LogP contribution in [0, 0.1) is 0 Å². The summed E-state index contributed by atoms with van der Waals surface area (Å²) >= 11 is 1.55. The summed E-state index contributed by atoms with van der Waals surface area (Å²) in [5, 5.41) is 3.25. The van der Waals surface area contributed by atoms with Gasteiger partial charge in [0.15, 0.2) is 11.5 Å². The Kier molecular flexibility index (Phi) is 5.55. The van der Waals surface area contributed by atoms with Crippen LogP contribution < -0.4 is 14.8 Å². The lowest BCUT2D eigenvalue weighted by molar-refractivity contribution is -0.139. The van der Waals surface area contributed by atoms with E-state index < -0.39 is 0 Å². The largest absolute Gasteiger partial charge is 0.465 e.